The third kappa shape index (κ3) is 1.10. The Morgan fingerprint density at radius 3 is 3.15 bits per heavy atom. The normalized spacial score (nSPS) is 16.0. The first-order valence-corrected chi connectivity index (χ1v) is 5.34. The highest BCUT2D eigenvalue weighted by Gasteiger charge is 2.14. The van der Waals surface area contributed by atoms with Crippen LogP contribution in [-0.4, -0.2) is 6.61 Å². The van der Waals surface area contributed by atoms with Crippen LogP contribution in [0.15, 0.2) is 24.3 Å². The van der Waals surface area contributed by atoms with Gasteiger partial charge in [-0.3, -0.25) is 0 Å². The largest absolute Gasteiger partial charge is 0.376 e. The molecule has 0 atom stereocenters. The van der Waals surface area contributed by atoms with Crippen LogP contribution in [0.2, 0.25) is 0 Å². The van der Waals surface area contributed by atoms with Crippen LogP contribution >= 0.6 is 11.3 Å². The van der Waals surface area contributed by atoms with Crippen molar-refractivity contribution >= 4 is 21.4 Å². The van der Waals surface area contributed by atoms with Crippen molar-refractivity contribution in [1.29, 1.82) is 0 Å². The molecule has 2 heterocycles. The lowest BCUT2D eigenvalue weighted by Gasteiger charge is -2.11. The van der Waals surface area contributed by atoms with Gasteiger partial charge in [-0.05, 0) is 23.4 Å². The van der Waals surface area contributed by atoms with E-state index in [0.717, 1.165) is 19.6 Å². The zero-order valence-corrected chi connectivity index (χ0v) is 8.06. The summed E-state index contributed by atoms with van der Waals surface area (Å²) in [6.07, 6.45) is 1.08. The van der Waals surface area contributed by atoms with Crippen LogP contribution in [0.3, 0.4) is 0 Å². The van der Waals surface area contributed by atoms with Crippen molar-refractivity contribution in [3.8, 4) is 0 Å². The lowest BCUT2D eigenvalue weighted by Crippen LogP contribution is -2.06. The average Bonchev–Trinajstić information content (AvgIpc) is 2.56. The first kappa shape index (κ1) is 7.54. The highest BCUT2D eigenvalue weighted by Crippen LogP contribution is 2.33. The molecule has 0 aliphatic carbocycles. The maximum absolute atomic E-state index is 5.44. The van der Waals surface area contributed by atoms with E-state index in [4.69, 9.17) is 4.74 Å². The molecule has 3 rings (SSSR count). The molecule has 13 heavy (non-hydrogen) atoms. The van der Waals surface area contributed by atoms with E-state index in [1.807, 2.05) is 11.3 Å². The summed E-state index contributed by atoms with van der Waals surface area (Å²) in [4.78, 5) is 1.42. The van der Waals surface area contributed by atoms with Crippen LogP contribution in [0.4, 0.5) is 0 Å². The molecule has 2 heteroatoms. The van der Waals surface area contributed by atoms with E-state index < -0.39 is 0 Å². The van der Waals surface area contributed by atoms with Gasteiger partial charge in [0.1, 0.15) is 0 Å². The number of benzene rings is 1. The molecule has 66 valence electrons. The minimum Gasteiger partial charge on any atom is -0.376 e. The third-order valence-electron chi connectivity index (χ3n) is 2.51. The summed E-state index contributed by atoms with van der Waals surface area (Å²) in [5.74, 6) is 0. The van der Waals surface area contributed by atoms with Crippen LogP contribution in [0.1, 0.15) is 10.4 Å². The fraction of sp³-hybridized carbons (Fsp3) is 0.273. The zero-order chi connectivity index (χ0) is 8.67. The van der Waals surface area contributed by atoms with E-state index in [9.17, 15) is 0 Å². The van der Waals surface area contributed by atoms with Crippen molar-refractivity contribution in [2.24, 2.45) is 0 Å². The van der Waals surface area contributed by atoms with Gasteiger partial charge in [-0.1, -0.05) is 18.2 Å². The number of hydrogen-bond donors (Lipinski definition) is 0. The van der Waals surface area contributed by atoms with E-state index >= 15 is 0 Å². The molecule has 0 amide bonds. The van der Waals surface area contributed by atoms with E-state index in [1.54, 1.807) is 0 Å². The molecule has 1 aromatic carbocycles. The molecule has 0 spiro atoms. The fourth-order valence-electron chi connectivity index (χ4n) is 1.88. The summed E-state index contributed by atoms with van der Waals surface area (Å²) in [5, 5.41) is 1.44. The quantitative estimate of drug-likeness (QED) is 0.620. The second-order valence-electron chi connectivity index (χ2n) is 3.30. The van der Waals surface area contributed by atoms with Crippen molar-refractivity contribution in [1.82, 2.24) is 0 Å². The second kappa shape index (κ2) is 2.82. The molecule has 0 unspecified atom stereocenters. The summed E-state index contributed by atoms with van der Waals surface area (Å²) in [7, 11) is 0. The number of hydrogen-bond acceptors (Lipinski definition) is 2. The Labute approximate surface area is 81.0 Å². The summed E-state index contributed by atoms with van der Waals surface area (Å²) >= 11 is 1.87. The van der Waals surface area contributed by atoms with Gasteiger partial charge in [-0.25, -0.2) is 0 Å². The highest BCUT2D eigenvalue weighted by atomic mass is 32.1. The predicted octanol–water partition coefficient (Wildman–Crippen LogP) is 2.97. The predicted molar refractivity (Wildman–Crippen MR) is 55.2 cm³/mol. The smallest absolute Gasteiger partial charge is 0.0812 e. The van der Waals surface area contributed by atoms with Gasteiger partial charge in [0.25, 0.3) is 0 Å². The van der Waals surface area contributed by atoms with E-state index in [0.29, 0.717) is 0 Å². The van der Waals surface area contributed by atoms with Gasteiger partial charge in [0.05, 0.1) is 13.2 Å². The Hall–Kier alpha value is -0.860. The van der Waals surface area contributed by atoms with Crippen LogP contribution in [-0.2, 0) is 17.8 Å². The van der Waals surface area contributed by atoms with Gasteiger partial charge < -0.3 is 4.74 Å². The Morgan fingerprint density at radius 1 is 1.23 bits per heavy atom. The molecule has 0 saturated carbocycles. The lowest BCUT2D eigenvalue weighted by molar-refractivity contribution is 0.114. The van der Waals surface area contributed by atoms with Gasteiger partial charge in [0.15, 0.2) is 0 Å². The highest BCUT2D eigenvalue weighted by molar-refractivity contribution is 7.19. The zero-order valence-electron chi connectivity index (χ0n) is 7.25. The molecule has 0 N–H and O–H groups in total. The molecule has 0 bridgehead atoms. The number of fused-ring (bicyclic) bond motifs is 3. The van der Waals surface area contributed by atoms with Crippen molar-refractivity contribution in [2.45, 2.75) is 13.0 Å². The van der Waals surface area contributed by atoms with E-state index in [1.165, 1.54) is 20.5 Å². The summed E-state index contributed by atoms with van der Waals surface area (Å²) in [5.41, 5.74) is 1.52. The summed E-state index contributed by atoms with van der Waals surface area (Å²) < 4.78 is 6.84. The van der Waals surface area contributed by atoms with Crippen LogP contribution in [0, 0.1) is 0 Å². The van der Waals surface area contributed by atoms with Gasteiger partial charge in [0, 0.05) is 9.58 Å². The molecular formula is C11H10OS. The minimum absolute atomic E-state index is 0.814. The van der Waals surface area contributed by atoms with Crippen LogP contribution in [0.25, 0.3) is 10.1 Å². The molecule has 0 fully saturated rings. The molecule has 1 aliphatic heterocycles. The van der Waals surface area contributed by atoms with E-state index in [-0.39, 0.29) is 0 Å². The lowest BCUT2D eigenvalue weighted by atomic mass is 10.1. The number of rotatable bonds is 0. The molecule has 0 radical (unpaired) electrons. The van der Waals surface area contributed by atoms with Gasteiger partial charge in [-0.15, -0.1) is 11.3 Å². The van der Waals surface area contributed by atoms with Gasteiger partial charge >= 0.3 is 0 Å². The Bertz CT molecular complexity index is 444. The maximum atomic E-state index is 5.44. The average molecular weight is 190 g/mol. The van der Waals surface area contributed by atoms with Gasteiger partial charge in [-0.2, -0.15) is 0 Å². The first-order valence-electron chi connectivity index (χ1n) is 4.52. The monoisotopic (exact) mass is 190 g/mol. The fourth-order valence-corrected chi connectivity index (χ4v) is 3.07. The van der Waals surface area contributed by atoms with Crippen molar-refractivity contribution in [3.63, 3.8) is 0 Å². The SMILES string of the molecule is c1ccc2c3c(sc2c1)COCC3. The minimum atomic E-state index is 0.814. The second-order valence-corrected chi connectivity index (χ2v) is 4.44. The summed E-state index contributed by atoms with van der Waals surface area (Å²) in [6.45, 7) is 1.70. The number of thiophene rings is 1. The topological polar surface area (TPSA) is 9.23 Å². The Kier molecular flexibility index (Phi) is 1.64. The Balaban J connectivity index is 2.34. The Morgan fingerprint density at radius 2 is 2.15 bits per heavy atom. The first-order chi connectivity index (χ1) is 6.45. The maximum Gasteiger partial charge on any atom is 0.0812 e. The molecular weight excluding hydrogens is 180 g/mol. The van der Waals surface area contributed by atoms with Crippen molar-refractivity contribution in [2.75, 3.05) is 6.61 Å². The molecule has 1 nitrogen and oxygen atoms in total. The number of ether oxygens (including phenoxy) is 1. The molecule has 1 aliphatic rings. The van der Waals surface area contributed by atoms with Crippen molar-refractivity contribution in [3.05, 3.63) is 34.7 Å². The van der Waals surface area contributed by atoms with Crippen LogP contribution in [0.5, 0.6) is 0 Å². The van der Waals surface area contributed by atoms with E-state index in [2.05, 4.69) is 24.3 Å². The molecule has 1 aromatic heterocycles. The molecule has 2 aromatic rings. The summed E-state index contributed by atoms with van der Waals surface area (Å²) in [6, 6.07) is 8.63. The molecule has 0 saturated heterocycles. The third-order valence-corrected chi connectivity index (χ3v) is 3.70. The van der Waals surface area contributed by atoms with Crippen LogP contribution < -0.4 is 0 Å². The standard InChI is InChI=1S/C11H10OS/c1-2-4-10-8(3-1)9-5-6-12-7-11(9)13-10/h1-4H,5-7H2. The van der Waals surface area contributed by atoms with Gasteiger partial charge in [0.2, 0.25) is 0 Å². The van der Waals surface area contributed by atoms with Crippen molar-refractivity contribution < 1.29 is 4.74 Å².